The highest BCUT2D eigenvalue weighted by molar-refractivity contribution is 9.10. The number of benzene rings is 2. The molecular weight excluding hydrogens is 416 g/mol. The van der Waals surface area contributed by atoms with E-state index in [0.717, 1.165) is 11.1 Å². The molecular formula is C19H15BrN2O5. The second-order valence-corrected chi connectivity index (χ2v) is 6.76. The zero-order chi connectivity index (χ0) is 19.1. The second-order valence-electron chi connectivity index (χ2n) is 5.91. The molecule has 2 aliphatic heterocycles. The monoisotopic (exact) mass is 430 g/mol. The summed E-state index contributed by atoms with van der Waals surface area (Å²) in [6, 6.07) is 9.40. The van der Waals surface area contributed by atoms with Crippen LogP contribution < -0.4 is 29.4 Å². The van der Waals surface area contributed by atoms with Crippen LogP contribution in [0.3, 0.4) is 0 Å². The minimum atomic E-state index is -0.454. The molecule has 2 N–H and O–H groups in total. The van der Waals surface area contributed by atoms with Gasteiger partial charge in [0.15, 0.2) is 23.0 Å². The van der Waals surface area contributed by atoms with Gasteiger partial charge in [-0.15, -0.1) is 0 Å². The number of halogens is 1. The van der Waals surface area contributed by atoms with Crippen LogP contribution in [0.5, 0.6) is 28.7 Å². The van der Waals surface area contributed by atoms with Crippen LogP contribution in [0.1, 0.15) is 17.0 Å². The predicted octanol–water partition coefficient (Wildman–Crippen LogP) is 3.41. The molecule has 0 fully saturated rings. The number of nitrogens with zero attached hydrogens (tertiary/aromatic N) is 1. The molecule has 0 spiro atoms. The maximum atomic E-state index is 9.72. The van der Waals surface area contributed by atoms with E-state index in [0.29, 0.717) is 38.8 Å². The summed E-state index contributed by atoms with van der Waals surface area (Å²) in [7, 11) is 3.12. The summed E-state index contributed by atoms with van der Waals surface area (Å²) >= 11 is 3.50. The Balaban J connectivity index is 1.94. The van der Waals surface area contributed by atoms with Crippen molar-refractivity contribution in [1.29, 1.82) is 5.26 Å². The number of nitrogens with two attached hydrogens (primary N) is 1. The Morgan fingerprint density at radius 2 is 1.85 bits per heavy atom. The van der Waals surface area contributed by atoms with Crippen molar-refractivity contribution in [3.05, 3.63) is 51.3 Å². The highest BCUT2D eigenvalue weighted by Crippen LogP contribution is 2.49. The Labute approximate surface area is 164 Å². The summed E-state index contributed by atoms with van der Waals surface area (Å²) in [5.74, 6) is 2.39. The standard InChI is InChI=1S/C19H15BrN2O5/c1-23-16-4-9(3-12(20)18(16)24-2)17-10-5-14-15(26-8-25-14)6-13(10)27-19(22)11(17)7-21/h3-6,17H,8,22H2,1-2H3. The fourth-order valence-electron chi connectivity index (χ4n) is 3.29. The van der Waals surface area contributed by atoms with Gasteiger partial charge in [-0.3, -0.25) is 0 Å². The van der Waals surface area contributed by atoms with Gasteiger partial charge in [0.1, 0.15) is 17.4 Å². The van der Waals surface area contributed by atoms with Crippen molar-refractivity contribution in [2.45, 2.75) is 5.92 Å². The highest BCUT2D eigenvalue weighted by Gasteiger charge is 2.34. The van der Waals surface area contributed by atoms with Crippen LogP contribution in [-0.2, 0) is 0 Å². The molecule has 27 heavy (non-hydrogen) atoms. The Kier molecular flexibility index (Phi) is 4.24. The van der Waals surface area contributed by atoms with Crippen molar-refractivity contribution < 1.29 is 23.7 Å². The molecule has 2 aromatic rings. The fraction of sp³-hybridized carbons (Fsp3) is 0.211. The van der Waals surface area contributed by atoms with Gasteiger partial charge in [0, 0.05) is 11.6 Å². The Morgan fingerprint density at radius 3 is 2.52 bits per heavy atom. The number of allylic oxidation sites excluding steroid dienone is 1. The molecule has 4 rings (SSSR count). The minimum Gasteiger partial charge on any atom is -0.493 e. The predicted molar refractivity (Wildman–Crippen MR) is 99.1 cm³/mol. The van der Waals surface area contributed by atoms with E-state index in [-0.39, 0.29) is 12.7 Å². The molecule has 1 unspecified atom stereocenters. The number of rotatable bonds is 3. The summed E-state index contributed by atoms with van der Waals surface area (Å²) in [4.78, 5) is 0. The fourth-order valence-corrected chi connectivity index (χ4v) is 3.92. The average Bonchev–Trinajstić information content (AvgIpc) is 3.11. The minimum absolute atomic E-state index is 0.0553. The Hall–Kier alpha value is -3.05. The van der Waals surface area contributed by atoms with Gasteiger partial charge < -0.3 is 29.4 Å². The number of ether oxygens (including phenoxy) is 5. The smallest absolute Gasteiger partial charge is 0.231 e. The lowest BCUT2D eigenvalue weighted by atomic mass is 9.83. The van der Waals surface area contributed by atoms with E-state index < -0.39 is 5.92 Å². The molecule has 0 radical (unpaired) electrons. The zero-order valence-electron chi connectivity index (χ0n) is 14.5. The van der Waals surface area contributed by atoms with E-state index in [9.17, 15) is 5.26 Å². The third-order valence-corrected chi connectivity index (χ3v) is 5.09. The maximum absolute atomic E-state index is 9.72. The van der Waals surface area contributed by atoms with Crippen LogP contribution in [0, 0.1) is 11.3 Å². The first-order valence-corrected chi connectivity index (χ1v) is 8.79. The van der Waals surface area contributed by atoms with E-state index in [1.807, 2.05) is 18.2 Å². The summed E-state index contributed by atoms with van der Waals surface area (Å²) < 4.78 is 28.1. The van der Waals surface area contributed by atoms with Crippen molar-refractivity contribution in [2.75, 3.05) is 21.0 Å². The molecule has 2 heterocycles. The van der Waals surface area contributed by atoms with Gasteiger partial charge in [0.2, 0.25) is 12.7 Å². The first-order valence-electron chi connectivity index (χ1n) is 8.00. The zero-order valence-corrected chi connectivity index (χ0v) is 16.1. The molecule has 0 bridgehead atoms. The van der Waals surface area contributed by atoms with Crippen molar-refractivity contribution >= 4 is 15.9 Å². The van der Waals surface area contributed by atoms with Gasteiger partial charge in [0.05, 0.1) is 24.6 Å². The van der Waals surface area contributed by atoms with E-state index in [4.69, 9.17) is 29.4 Å². The molecule has 0 aliphatic carbocycles. The Bertz CT molecular complexity index is 1010. The third kappa shape index (κ3) is 2.71. The van der Waals surface area contributed by atoms with Crippen molar-refractivity contribution in [1.82, 2.24) is 0 Å². The number of hydrogen-bond donors (Lipinski definition) is 1. The number of hydrogen-bond acceptors (Lipinski definition) is 7. The summed E-state index contributed by atoms with van der Waals surface area (Å²) in [6.07, 6.45) is 0. The first kappa shape index (κ1) is 17.4. The van der Waals surface area contributed by atoms with Gasteiger partial charge in [-0.25, -0.2) is 0 Å². The van der Waals surface area contributed by atoms with Crippen LogP contribution in [0.4, 0.5) is 0 Å². The molecule has 8 heteroatoms. The molecule has 0 saturated heterocycles. The second kappa shape index (κ2) is 6.59. The summed E-state index contributed by atoms with van der Waals surface area (Å²) in [5.41, 5.74) is 7.89. The van der Waals surface area contributed by atoms with Crippen LogP contribution >= 0.6 is 15.9 Å². The summed E-state index contributed by atoms with van der Waals surface area (Å²) in [5, 5.41) is 9.72. The van der Waals surface area contributed by atoms with Gasteiger partial charge >= 0.3 is 0 Å². The SMILES string of the molecule is COc1cc(C2C(C#N)=C(N)Oc3cc4c(cc32)OCO4)cc(Br)c1OC. The number of nitriles is 1. The third-order valence-electron chi connectivity index (χ3n) is 4.50. The number of methoxy groups -OCH3 is 2. The quantitative estimate of drug-likeness (QED) is 0.796. The number of fused-ring (bicyclic) bond motifs is 2. The average molecular weight is 431 g/mol. The molecule has 0 aromatic heterocycles. The molecule has 0 amide bonds. The van der Waals surface area contributed by atoms with Gasteiger partial charge in [-0.1, -0.05) is 0 Å². The van der Waals surface area contributed by atoms with Crippen molar-refractivity contribution in [3.8, 4) is 34.8 Å². The highest BCUT2D eigenvalue weighted by atomic mass is 79.9. The van der Waals surface area contributed by atoms with E-state index in [2.05, 4.69) is 22.0 Å². The van der Waals surface area contributed by atoms with Crippen molar-refractivity contribution in [3.63, 3.8) is 0 Å². The van der Waals surface area contributed by atoms with Gasteiger partial charge in [0.25, 0.3) is 0 Å². The molecule has 2 aliphatic rings. The topological polar surface area (TPSA) is 96.0 Å². The van der Waals surface area contributed by atoms with Gasteiger partial charge in [-0.05, 0) is 39.7 Å². The normalized spacial score (nSPS) is 17.0. The van der Waals surface area contributed by atoms with Crippen LogP contribution in [0.2, 0.25) is 0 Å². The lowest BCUT2D eigenvalue weighted by Crippen LogP contribution is -2.21. The van der Waals surface area contributed by atoms with Crippen molar-refractivity contribution in [2.24, 2.45) is 5.73 Å². The van der Waals surface area contributed by atoms with Crippen LogP contribution in [0.25, 0.3) is 0 Å². The van der Waals surface area contributed by atoms with E-state index >= 15 is 0 Å². The Morgan fingerprint density at radius 1 is 1.11 bits per heavy atom. The summed E-state index contributed by atoms with van der Waals surface area (Å²) in [6.45, 7) is 0.138. The van der Waals surface area contributed by atoms with E-state index in [1.54, 1.807) is 20.3 Å². The maximum Gasteiger partial charge on any atom is 0.231 e. The van der Waals surface area contributed by atoms with Gasteiger partial charge in [-0.2, -0.15) is 5.26 Å². The molecule has 138 valence electrons. The molecule has 2 aromatic carbocycles. The molecule has 1 atom stereocenters. The van der Waals surface area contributed by atoms with Crippen LogP contribution in [-0.4, -0.2) is 21.0 Å². The van der Waals surface area contributed by atoms with E-state index in [1.165, 1.54) is 0 Å². The molecule has 7 nitrogen and oxygen atoms in total. The molecule has 0 saturated carbocycles. The largest absolute Gasteiger partial charge is 0.493 e. The lowest BCUT2D eigenvalue weighted by molar-refractivity contribution is 0.174. The van der Waals surface area contributed by atoms with Crippen LogP contribution in [0.15, 0.2) is 40.2 Å². The first-order chi connectivity index (χ1) is 13.1. The lowest BCUT2D eigenvalue weighted by Gasteiger charge is -2.27.